The highest BCUT2D eigenvalue weighted by Gasteiger charge is 2.50. The SMILES string of the molecule is CC(C)(C)C1CCN(C(=O)[C@@H](NC(=O)NC2(CS(=O)(=O)Cc3ccco3)CCCCC2)C(C)(C)C)C1C(=O)NC(CC1CC1)C(=O)C(N)=O. The topological polar surface area (TPSA) is 198 Å². The Bertz CT molecular complexity index is 1480. The van der Waals surface area contributed by atoms with Gasteiger partial charge in [-0.2, -0.15) is 0 Å². The molecule has 1 aromatic rings. The van der Waals surface area contributed by atoms with E-state index in [9.17, 15) is 32.4 Å². The summed E-state index contributed by atoms with van der Waals surface area (Å²) >= 11 is 0. The number of furan rings is 1. The third kappa shape index (κ3) is 10.1. The molecule has 13 nitrogen and oxygen atoms in total. The highest BCUT2D eigenvalue weighted by atomic mass is 32.2. The van der Waals surface area contributed by atoms with Gasteiger partial charge in [0.15, 0.2) is 9.84 Å². The minimum absolute atomic E-state index is 0.217. The first-order valence-corrected chi connectivity index (χ1v) is 19.3. The fourth-order valence-corrected chi connectivity index (χ4v) is 9.36. The minimum Gasteiger partial charge on any atom is -0.468 e. The smallest absolute Gasteiger partial charge is 0.315 e. The largest absolute Gasteiger partial charge is 0.468 e. The van der Waals surface area contributed by atoms with Crippen LogP contribution in [0.15, 0.2) is 22.8 Å². The van der Waals surface area contributed by atoms with E-state index < -0.39 is 73.9 Å². The average Bonchev–Trinajstić information content (AvgIpc) is 3.43. The third-order valence-electron chi connectivity index (χ3n) is 10.2. The Balaban J connectivity index is 1.55. The number of carbonyl (C=O) groups excluding carboxylic acids is 5. The monoisotopic (exact) mass is 705 g/mol. The normalized spacial score (nSPS) is 22.5. The van der Waals surface area contributed by atoms with Crippen LogP contribution in [0.3, 0.4) is 0 Å². The number of amides is 5. The van der Waals surface area contributed by atoms with Crippen LogP contribution in [-0.4, -0.2) is 78.8 Å². The van der Waals surface area contributed by atoms with E-state index >= 15 is 0 Å². The Kier molecular flexibility index (Phi) is 11.6. The second-order valence-electron chi connectivity index (χ2n) is 16.6. The van der Waals surface area contributed by atoms with Crippen LogP contribution < -0.4 is 21.7 Å². The number of primary amides is 1. The summed E-state index contributed by atoms with van der Waals surface area (Å²) in [5, 5.41) is 8.59. The van der Waals surface area contributed by atoms with Crippen LogP contribution in [0.1, 0.15) is 105 Å². The second-order valence-corrected chi connectivity index (χ2v) is 18.6. The molecule has 0 spiro atoms. The molecule has 1 aliphatic heterocycles. The molecule has 1 saturated heterocycles. The highest BCUT2D eigenvalue weighted by Crippen LogP contribution is 2.40. The van der Waals surface area contributed by atoms with Gasteiger partial charge in [-0.3, -0.25) is 19.2 Å². The van der Waals surface area contributed by atoms with E-state index in [0.717, 1.165) is 32.1 Å². The van der Waals surface area contributed by atoms with Gasteiger partial charge in [-0.25, -0.2) is 13.2 Å². The molecular formula is C35H55N5O8S. The Morgan fingerprint density at radius 2 is 1.65 bits per heavy atom. The number of Topliss-reactive ketones (excluding diaryl/α,β-unsaturated/α-hetero) is 1. The van der Waals surface area contributed by atoms with Crippen molar-refractivity contribution in [3.8, 4) is 0 Å². The van der Waals surface area contributed by atoms with Gasteiger partial charge in [0.05, 0.1) is 23.6 Å². The molecule has 4 atom stereocenters. The summed E-state index contributed by atoms with van der Waals surface area (Å²) in [4.78, 5) is 68.3. The lowest BCUT2D eigenvalue weighted by atomic mass is 9.75. The van der Waals surface area contributed by atoms with Gasteiger partial charge < -0.3 is 31.0 Å². The second kappa shape index (κ2) is 14.8. The molecule has 14 heteroatoms. The summed E-state index contributed by atoms with van der Waals surface area (Å²) in [5.74, 6) is -3.27. The number of ketones is 1. The van der Waals surface area contributed by atoms with Crippen LogP contribution in [-0.2, 0) is 34.8 Å². The molecule has 0 bridgehead atoms. The van der Waals surface area contributed by atoms with Gasteiger partial charge in [-0.1, -0.05) is 73.6 Å². The molecule has 4 rings (SSSR count). The van der Waals surface area contributed by atoms with Crippen molar-refractivity contribution < 1.29 is 36.8 Å². The molecule has 2 aliphatic carbocycles. The average molecular weight is 706 g/mol. The lowest BCUT2D eigenvalue weighted by molar-refractivity contribution is -0.145. The van der Waals surface area contributed by atoms with Gasteiger partial charge in [-0.15, -0.1) is 0 Å². The van der Waals surface area contributed by atoms with Crippen molar-refractivity contribution in [3.63, 3.8) is 0 Å². The maximum Gasteiger partial charge on any atom is 0.315 e. The van der Waals surface area contributed by atoms with Gasteiger partial charge in [0, 0.05) is 6.54 Å². The van der Waals surface area contributed by atoms with Crippen LogP contribution in [0.2, 0.25) is 0 Å². The third-order valence-corrected chi connectivity index (χ3v) is 11.9. The highest BCUT2D eigenvalue weighted by molar-refractivity contribution is 7.90. The van der Waals surface area contributed by atoms with E-state index in [2.05, 4.69) is 16.0 Å². The van der Waals surface area contributed by atoms with Crippen molar-refractivity contribution in [2.45, 2.75) is 129 Å². The standard InChI is InChI=1S/C35H55N5O8S/c1-33(2,3)24-14-17-40(26(24)30(43)37-25(19-22-12-13-22)27(41)29(36)42)31(44)28(34(4,5)6)38-32(45)39-35(15-8-7-9-16-35)21-49(46,47)20-23-11-10-18-48-23/h10-11,18,22,24-26,28H,7-9,12-17,19-21H2,1-6H3,(H2,36,42)(H,37,43)(H2,38,39,45)/t24?,25?,26?,28-/m1/s1. The molecule has 0 aromatic carbocycles. The molecule has 5 N–H and O–H groups in total. The molecule has 5 amide bonds. The molecule has 2 saturated carbocycles. The summed E-state index contributed by atoms with van der Waals surface area (Å²) in [6.45, 7) is 11.6. The van der Waals surface area contributed by atoms with E-state index in [1.165, 1.54) is 11.2 Å². The molecule has 274 valence electrons. The maximum absolute atomic E-state index is 14.5. The summed E-state index contributed by atoms with van der Waals surface area (Å²) in [6.07, 6.45) is 7.40. The molecule has 2 heterocycles. The number of rotatable bonds is 13. The van der Waals surface area contributed by atoms with Gasteiger partial charge in [0.2, 0.25) is 17.6 Å². The number of carbonyl (C=O) groups is 5. The van der Waals surface area contributed by atoms with E-state index in [4.69, 9.17) is 10.2 Å². The van der Waals surface area contributed by atoms with Gasteiger partial charge in [0.1, 0.15) is 23.6 Å². The summed E-state index contributed by atoms with van der Waals surface area (Å²) in [7, 11) is -3.67. The zero-order valence-corrected chi connectivity index (χ0v) is 30.6. The first-order chi connectivity index (χ1) is 22.7. The first kappa shape index (κ1) is 38.4. The number of likely N-dealkylation sites (tertiary alicyclic amines) is 1. The number of nitrogens with two attached hydrogens (primary N) is 1. The molecule has 49 heavy (non-hydrogen) atoms. The number of nitrogens with zero attached hydrogens (tertiary/aromatic N) is 1. The summed E-state index contributed by atoms with van der Waals surface area (Å²) < 4.78 is 31.8. The van der Waals surface area contributed by atoms with Crippen LogP contribution in [0.4, 0.5) is 4.79 Å². The van der Waals surface area contributed by atoms with Crippen molar-refractivity contribution in [1.82, 2.24) is 20.9 Å². The lowest BCUT2D eigenvalue weighted by Crippen LogP contribution is -2.63. The Morgan fingerprint density at radius 3 is 2.18 bits per heavy atom. The Labute approximate surface area is 290 Å². The summed E-state index contributed by atoms with van der Waals surface area (Å²) in [6, 6.07) is -0.537. The molecule has 1 aromatic heterocycles. The van der Waals surface area contributed by atoms with Gasteiger partial charge >= 0.3 is 6.03 Å². The molecule has 0 radical (unpaired) electrons. The van der Waals surface area contributed by atoms with E-state index in [1.807, 2.05) is 41.5 Å². The van der Waals surface area contributed by atoms with Crippen LogP contribution >= 0.6 is 0 Å². The molecular weight excluding hydrogens is 650 g/mol. The Morgan fingerprint density at radius 1 is 1.00 bits per heavy atom. The molecule has 3 aliphatic rings. The van der Waals surface area contributed by atoms with E-state index in [1.54, 1.807) is 12.1 Å². The van der Waals surface area contributed by atoms with Crippen molar-refractivity contribution >= 4 is 39.4 Å². The molecule has 3 unspecified atom stereocenters. The Hall–Kier alpha value is -3.42. The lowest BCUT2D eigenvalue weighted by Gasteiger charge is -2.40. The van der Waals surface area contributed by atoms with Crippen LogP contribution in [0.25, 0.3) is 0 Å². The minimum atomic E-state index is -3.67. The fourth-order valence-electron chi connectivity index (χ4n) is 7.46. The van der Waals surface area contributed by atoms with E-state index in [-0.39, 0.29) is 29.9 Å². The van der Waals surface area contributed by atoms with Crippen LogP contribution in [0.5, 0.6) is 0 Å². The van der Waals surface area contributed by atoms with Crippen molar-refractivity contribution in [2.24, 2.45) is 28.4 Å². The predicted molar refractivity (Wildman–Crippen MR) is 183 cm³/mol. The van der Waals surface area contributed by atoms with E-state index in [0.29, 0.717) is 31.4 Å². The number of hydrogen-bond acceptors (Lipinski definition) is 8. The zero-order chi connectivity index (χ0) is 36.4. The van der Waals surface area contributed by atoms with Gasteiger partial charge in [-0.05, 0) is 60.5 Å². The zero-order valence-electron chi connectivity index (χ0n) is 29.8. The molecule has 3 fully saturated rings. The maximum atomic E-state index is 14.5. The van der Waals surface area contributed by atoms with Crippen molar-refractivity contribution in [3.05, 3.63) is 24.2 Å². The quantitative estimate of drug-likeness (QED) is 0.224. The number of nitrogens with one attached hydrogen (secondary N) is 3. The van der Waals surface area contributed by atoms with Crippen LogP contribution in [0, 0.1) is 22.7 Å². The fraction of sp³-hybridized carbons (Fsp3) is 0.743. The first-order valence-electron chi connectivity index (χ1n) is 17.5. The number of urea groups is 1. The van der Waals surface area contributed by atoms with Gasteiger partial charge in [0.25, 0.3) is 5.91 Å². The summed E-state index contributed by atoms with van der Waals surface area (Å²) in [5.41, 5.74) is 3.11. The number of sulfone groups is 1. The predicted octanol–water partition coefficient (Wildman–Crippen LogP) is 3.21. The van der Waals surface area contributed by atoms with Crippen molar-refractivity contribution in [2.75, 3.05) is 12.3 Å². The van der Waals surface area contributed by atoms with Crippen molar-refractivity contribution in [1.29, 1.82) is 0 Å². The number of hydrogen-bond donors (Lipinski definition) is 4.